The summed E-state index contributed by atoms with van der Waals surface area (Å²) in [4.78, 5) is 18.0. The highest BCUT2D eigenvalue weighted by Gasteiger charge is 2.15. The summed E-state index contributed by atoms with van der Waals surface area (Å²) in [5.74, 6) is 2.49. The Bertz CT molecular complexity index is 949. The van der Waals surface area contributed by atoms with Crippen molar-refractivity contribution in [2.75, 3.05) is 5.32 Å². The molecule has 2 aromatic carbocycles. The van der Waals surface area contributed by atoms with Gasteiger partial charge in [-0.05, 0) is 32.0 Å². The smallest absolute Gasteiger partial charge is 0.229 e. The predicted molar refractivity (Wildman–Crippen MR) is 104 cm³/mol. The van der Waals surface area contributed by atoms with Crippen LogP contribution in [0.4, 0.5) is 5.69 Å². The van der Waals surface area contributed by atoms with Crippen molar-refractivity contribution in [2.24, 2.45) is 0 Å². The standard InChI is InChI=1S/C21H18N2OS/c1-4-16-6-5-7-18(12-16)23-20(24)13-19-21(22-15(3)25-19)17-10-8-14(2)9-11-17/h1,5-12H,13H2,2-3H3,(H,23,24). The molecule has 1 aromatic heterocycles. The van der Waals surface area contributed by atoms with Crippen molar-refractivity contribution in [3.05, 3.63) is 69.5 Å². The second-order valence-corrected chi connectivity index (χ2v) is 7.11. The first-order chi connectivity index (χ1) is 12.0. The third-order valence-corrected chi connectivity index (χ3v) is 4.73. The summed E-state index contributed by atoms with van der Waals surface area (Å²) >= 11 is 1.56. The van der Waals surface area contributed by atoms with Gasteiger partial charge in [-0.1, -0.05) is 41.8 Å². The van der Waals surface area contributed by atoms with Gasteiger partial charge in [-0.25, -0.2) is 4.98 Å². The van der Waals surface area contributed by atoms with Gasteiger partial charge in [0.1, 0.15) is 0 Å². The molecule has 0 unspecified atom stereocenters. The summed E-state index contributed by atoms with van der Waals surface area (Å²) in [7, 11) is 0. The number of terminal acetylenes is 1. The third kappa shape index (κ3) is 4.14. The van der Waals surface area contributed by atoms with Gasteiger partial charge in [-0.15, -0.1) is 17.8 Å². The van der Waals surface area contributed by atoms with E-state index in [-0.39, 0.29) is 12.3 Å². The number of nitrogens with zero attached hydrogens (tertiary/aromatic N) is 1. The van der Waals surface area contributed by atoms with Crippen LogP contribution in [0, 0.1) is 26.2 Å². The van der Waals surface area contributed by atoms with Gasteiger partial charge in [0.05, 0.1) is 17.1 Å². The van der Waals surface area contributed by atoms with Gasteiger partial charge < -0.3 is 5.32 Å². The molecule has 3 aromatic rings. The fourth-order valence-electron chi connectivity index (χ4n) is 2.56. The molecule has 0 radical (unpaired) electrons. The lowest BCUT2D eigenvalue weighted by atomic mass is 10.1. The van der Waals surface area contributed by atoms with Crippen LogP contribution in [-0.4, -0.2) is 10.9 Å². The van der Waals surface area contributed by atoms with E-state index in [9.17, 15) is 4.79 Å². The molecule has 0 aliphatic heterocycles. The van der Waals surface area contributed by atoms with Crippen LogP contribution in [0.1, 0.15) is 21.0 Å². The van der Waals surface area contributed by atoms with Crippen LogP contribution in [0.2, 0.25) is 0 Å². The number of carbonyl (C=O) groups is 1. The molecule has 1 heterocycles. The molecule has 3 rings (SSSR count). The molecule has 3 nitrogen and oxygen atoms in total. The quantitative estimate of drug-likeness (QED) is 0.702. The number of rotatable bonds is 4. The number of amides is 1. The normalized spacial score (nSPS) is 10.3. The van der Waals surface area contributed by atoms with Crippen molar-refractivity contribution in [3.8, 4) is 23.6 Å². The van der Waals surface area contributed by atoms with E-state index >= 15 is 0 Å². The number of hydrogen-bond acceptors (Lipinski definition) is 3. The number of nitrogens with one attached hydrogen (secondary N) is 1. The molecule has 1 amide bonds. The molecule has 25 heavy (non-hydrogen) atoms. The molecular formula is C21H18N2OS. The summed E-state index contributed by atoms with van der Waals surface area (Å²) in [5.41, 5.74) is 4.57. The van der Waals surface area contributed by atoms with E-state index in [0.29, 0.717) is 5.69 Å². The summed E-state index contributed by atoms with van der Waals surface area (Å²) < 4.78 is 0. The summed E-state index contributed by atoms with van der Waals surface area (Å²) in [6, 6.07) is 15.5. The van der Waals surface area contributed by atoms with Crippen LogP contribution in [0.5, 0.6) is 0 Å². The molecule has 124 valence electrons. The number of thiazole rings is 1. The molecule has 0 spiro atoms. The first-order valence-corrected chi connectivity index (χ1v) is 8.76. The van der Waals surface area contributed by atoms with E-state index in [1.165, 1.54) is 5.56 Å². The molecule has 0 saturated heterocycles. The third-order valence-electron chi connectivity index (χ3n) is 3.76. The Morgan fingerprint density at radius 2 is 1.96 bits per heavy atom. The molecule has 0 aliphatic rings. The summed E-state index contributed by atoms with van der Waals surface area (Å²) in [6.07, 6.45) is 5.69. The van der Waals surface area contributed by atoms with Gasteiger partial charge >= 0.3 is 0 Å². The molecule has 0 atom stereocenters. The first-order valence-electron chi connectivity index (χ1n) is 7.95. The second-order valence-electron chi connectivity index (χ2n) is 5.82. The Kier molecular flexibility index (Phi) is 4.97. The Morgan fingerprint density at radius 3 is 2.68 bits per heavy atom. The first kappa shape index (κ1) is 16.9. The fraction of sp³-hybridized carbons (Fsp3) is 0.143. The second kappa shape index (κ2) is 7.33. The minimum absolute atomic E-state index is 0.0776. The highest BCUT2D eigenvalue weighted by Crippen LogP contribution is 2.29. The SMILES string of the molecule is C#Cc1cccc(NC(=O)Cc2sc(C)nc2-c2ccc(C)cc2)c1. The molecule has 0 saturated carbocycles. The average Bonchev–Trinajstić information content (AvgIpc) is 2.95. The van der Waals surface area contributed by atoms with Crippen molar-refractivity contribution in [2.45, 2.75) is 20.3 Å². The maximum absolute atomic E-state index is 12.4. The zero-order valence-corrected chi connectivity index (χ0v) is 15.0. The molecule has 1 N–H and O–H groups in total. The number of hydrogen-bond donors (Lipinski definition) is 1. The number of benzene rings is 2. The van der Waals surface area contributed by atoms with Crippen LogP contribution in [0.25, 0.3) is 11.3 Å². The van der Waals surface area contributed by atoms with Crippen LogP contribution in [0.15, 0.2) is 48.5 Å². The monoisotopic (exact) mass is 346 g/mol. The van der Waals surface area contributed by atoms with Gasteiger partial charge in [0.15, 0.2) is 0 Å². The summed E-state index contributed by atoms with van der Waals surface area (Å²) in [5, 5.41) is 3.86. The Morgan fingerprint density at radius 1 is 1.20 bits per heavy atom. The van der Waals surface area contributed by atoms with E-state index in [2.05, 4.69) is 35.3 Å². The lowest BCUT2D eigenvalue weighted by molar-refractivity contribution is -0.115. The highest BCUT2D eigenvalue weighted by atomic mass is 32.1. The van der Waals surface area contributed by atoms with E-state index < -0.39 is 0 Å². The number of aryl methyl sites for hydroxylation is 2. The van der Waals surface area contributed by atoms with Crippen molar-refractivity contribution in [1.82, 2.24) is 4.98 Å². The average molecular weight is 346 g/mol. The zero-order valence-electron chi connectivity index (χ0n) is 14.2. The van der Waals surface area contributed by atoms with Crippen molar-refractivity contribution in [1.29, 1.82) is 0 Å². The van der Waals surface area contributed by atoms with Crippen LogP contribution in [0.3, 0.4) is 0 Å². The van der Waals surface area contributed by atoms with Gasteiger partial charge in [0, 0.05) is 21.7 Å². The molecular weight excluding hydrogens is 328 g/mol. The Hall–Kier alpha value is -2.90. The molecule has 0 bridgehead atoms. The van der Waals surface area contributed by atoms with Crippen molar-refractivity contribution >= 4 is 22.9 Å². The van der Waals surface area contributed by atoms with Gasteiger partial charge in [-0.2, -0.15) is 0 Å². The van der Waals surface area contributed by atoms with E-state index in [1.807, 2.05) is 37.3 Å². The minimum Gasteiger partial charge on any atom is -0.326 e. The molecule has 0 aliphatic carbocycles. The lowest BCUT2D eigenvalue weighted by Gasteiger charge is -2.06. The van der Waals surface area contributed by atoms with Gasteiger partial charge in [-0.3, -0.25) is 4.79 Å². The van der Waals surface area contributed by atoms with Crippen LogP contribution in [-0.2, 0) is 11.2 Å². The van der Waals surface area contributed by atoms with E-state index in [4.69, 9.17) is 6.42 Å². The van der Waals surface area contributed by atoms with E-state index in [0.717, 1.165) is 26.7 Å². The van der Waals surface area contributed by atoms with Crippen molar-refractivity contribution in [3.63, 3.8) is 0 Å². The predicted octanol–water partition coefficient (Wildman–Crippen LogP) is 4.59. The number of aromatic nitrogens is 1. The topological polar surface area (TPSA) is 42.0 Å². The molecule has 4 heteroatoms. The van der Waals surface area contributed by atoms with Crippen molar-refractivity contribution < 1.29 is 4.79 Å². The summed E-state index contributed by atoms with van der Waals surface area (Å²) in [6.45, 7) is 4.01. The lowest BCUT2D eigenvalue weighted by Crippen LogP contribution is -2.14. The number of carbonyl (C=O) groups excluding carboxylic acids is 1. The highest BCUT2D eigenvalue weighted by molar-refractivity contribution is 7.12. The maximum Gasteiger partial charge on any atom is 0.229 e. The van der Waals surface area contributed by atoms with E-state index in [1.54, 1.807) is 17.4 Å². The molecule has 0 fully saturated rings. The largest absolute Gasteiger partial charge is 0.326 e. The van der Waals surface area contributed by atoms with Gasteiger partial charge in [0.2, 0.25) is 5.91 Å². The Labute approximate surface area is 151 Å². The Balaban J connectivity index is 1.79. The fourth-order valence-corrected chi connectivity index (χ4v) is 3.52. The number of anilines is 1. The van der Waals surface area contributed by atoms with Crippen LogP contribution < -0.4 is 5.32 Å². The zero-order chi connectivity index (χ0) is 17.8. The van der Waals surface area contributed by atoms with Gasteiger partial charge in [0.25, 0.3) is 0 Å². The van der Waals surface area contributed by atoms with Crippen LogP contribution >= 0.6 is 11.3 Å². The maximum atomic E-state index is 12.4. The minimum atomic E-state index is -0.0776.